The highest BCUT2D eigenvalue weighted by atomic mass is 32.2. The van der Waals surface area contributed by atoms with Crippen molar-refractivity contribution in [3.05, 3.63) is 30.3 Å². The standard InChI is InChI=1S/C13H20N2O2S/c1-14-10-6-7-12(14)11-15(2)18(16,17)13-8-4-3-5-9-13/h3-5,8-9,12H,6-7,10-11H2,1-2H3. The molecule has 1 fully saturated rings. The lowest BCUT2D eigenvalue weighted by Crippen LogP contribution is -2.39. The van der Waals surface area contributed by atoms with Crippen LogP contribution in [0.3, 0.4) is 0 Å². The van der Waals surface area contributed by atoms with Crippen molar-refractivity contribution in [2.45, 2.75) is 23.8 Å². The molecule has 0 spiro atoms. The Kier molecular flexibility index (Phi) is 4.04. The van der Waals surface area contributed by atoms with Crippen LogP contribution in [0.2, 0.25) is 0 Å². The first-order valence-electron chi connectivity index (χ1n) is 6.23. The Morgan fingerprint density at radius 2 is 2.00 bits per heavy atom. The van der Waals surface area contributed by atoms with Crippen LogP contribution in [0.25, 0.3) is 0 Å². The summed E-state index contributed by atoms with van der Waals surface area (Å²) in [4.78, 5) is 2.60. The van der Waals surface area contributed by atoms with Crippen molar-refractivity contribution < 1.29 is 8.42 Å². The molecule has 1 unspecified atom stereocenters. The van der Waals surface area contributed by atoms with Crippen LogP contribution in [0.5, 0.6) is 0 Å². The van der Waals surface area contributed by atoms with Gasteiger partial charge in [0.15, 0.2) is 0 Å². The van der Waals surface area contributed by atoms with E-state index in [4.69, 9.17) is 0 Å². The predicted octanol–water partition coefficient (Wildman–Crippen LogP) is 1.40. The second-order valence-corrected chi connectivity index (χ2v) is 6.92. The van der Waals surface area contributed by atoms with Gasteiger partial charge >= 0.3 is 0 Å². The fourth-order valence-corrected chi connectivity index (χ4v) is 3.61. The molecule has 1 saturated heterocycles. The van der Waals surface area contributed by atoms with E-state index >= 15 is 0 Å². The van der Waals surface area contributed by atoms with Gasteiger partial charge in [-0.05, 0) is 38.6 Å². The first kappa shape index (κ1) is 13.5. The van der Waals surface area contributed by atoms with Crippen molar-refractivity contribution in [1.82, 2.24) is 9.21 Å². The molecule has 0 saturated carbocycles. The number of likely N-dealkylation sites (N-methyl/N-ethyl adjacent to an activating group) is 2. The van der Waals surface area contributed by atoms with Crippen LogP contribution in [0, 0.1) is 0 Å². The number of sulfonamides is 1. The zero-order valence-electron chi connectivity index (χ0n) is 10.9. The van der Waals surface area contributed by atoms with Gasteiger partial charge < -0.3 is 4.90 Å². The smallest absolute Gasteiger partial charge is 0.242 e. The number of nitrogens with zero attached hydrogens (tertiary/aromatic N) is 2. The molecule has 5 heteroatoms. The van der Waals surface area contributed by atoms with Gasteiger partial charge in [0.05, 0.1) is 4.90 Å². The van der Waals surface area contributed by atoms with Crippen LogP contribution >= 0.6 is 0 Å². The van der Waals surface area contributed by atoms with E-state index in [-0.39, 0.29) is 0 Å². The fourth-order valence-electron chi connectivity index (χ4n) is 2.38. The Hall–Kier alpha value is -0.910. The van der Waals surface area contributed by atoms with E-state index in [0.29, 0.717) is 17.5 Å². The summed E-state index contributed by atoms with van der Waals surface area (Å²) >= 11 is 0. The Labute approximate surface area is 109 Å². The van der Waals surface area contributed by atoms with Gasteiger partial charge in [-0.15, -0.1) is 0 Å². The van der Waals surface area contributed by atoms with Crippen molar-refractivity contribution in [2.24, 2.45) is 0 Å². The number of hydrogen-bond acceptors (Lipinski definition) is 3. The minimum absolute atomic E-state index is 0.341. The maximum atomic E-state index is 12.3. The molecule has 100 valence electrons. The van der Waals surface area contributed by atoms with Crippen LogP contribution in [0.15, 0.2) is 35.2 Å². The van der Waals surface area contributed by atoms with E-state index in [2.05, 4.69) is 11.9 Å². The van der Waals surface area contributed by atoms with Gasteiger partial charge in [0.25, 0.3) is 0 Å². The van der Waals surface area contributed by atoms with E-state index in [1.807, 2.05) is 6.07 Å². The molecular formula is C13H20N2O2S. The minimum Gasteiger partial charge on any atom is -0.302 e. The minimum atomic E-state index is -3.34. The first-order chi connectivity index (χ1) is 8.51. The molecular weight excluding hydrogens is 248 g/mol. The molecule has 1 heterocycles. The molecule has 4 nitrogen and oxygen atoms in total. The van der Waals surface area contributed by atoms with Crippen LogP contribution in [-0.4, -0.2) is 50.8 Å². The largest absolute Gasteiger partial charge is 0.302 e. The summed E-state index contributed by atoms with van der Waals surface area (Å²) in [5.41, 5.74) is 0. The molecule has 2 rings (SSSR count). The molecule has 1 aliphatic rings. The van der Waals surface area contributed by atoms with Crippen molar-refractivity contribution in [1.29, 1.82) is 0 Å². The number of benzene rings is 1. The van der Waals surface area contributed by atoms with E-state index in [9.17, 15) is 8.42 Å². The molecule has 0 radical (unpaired) electrons. The normalized spacial score (nSPS) is 21.6. The lowest BCUT2D eigenvalue weighted by atomic mass is 10.2. The molecule has 0 aromatic heterocycles. The van der Waals surface area contributed by atoms with Crippen LogP contribution < -0.4 is 0 Å². The monoisotopic (exact) mass is 268 g/mol. The summed E-state index contributed by atoms with van der Waals surface area (Å²) in [5, 5.41) is 0. The Morgan fingerprint density at radius 3 is 2.56 bits per heavy atom. The molecule has 0 amide bonds. The highest BCUT2D eigenvalue weighted by molar-refractivity contribution is 7.89. The molecule has 1 aliphatic heterocycles. The summed E-state index contributed by atoms with van der Waals surface area (Å²) in [6.45, 7) is 1.62. The zero-order chi connectivity index (χ0) is 13.2. The number of rotatable bonds is 4. The molecule has 0 bridgehead atoms. The topological polar surface area (TPSA) is 40.6 Å². The SMILES string of the molecule is CN1CCCC1CN(C)S(=O)(=O)c1ccccc1. The molecule has 1 atom stereocenters. The quantitative estimate of drug-likeness (QED) is 0.829. The average molecular weight is 268 g/mol. The first-order valence-corrected chi connectivity index (χ1v) is 7.67. The van der Waals surface area contributed by atoms with E-state index in [1.54, 1.807) is 31.3 Å². The zero-order valence-corrected chi connectivity index (χ0v) is 11.7. The summed E-state index contributed by atoms with van der Waals surface area (Å²) in [7, 11) is 0.374. The van der Waals surface area contributed by atoms with Gasteiger partial charge in [-0.3, -0.25) is 0 Å². The molecule has 1 aromatic rings. The van der Waals surface area contributed by atoms with Gasteiger partial charge in [0.2, 0.25) is 10.0 Å². The van der Waals surface area contributed by atoms with Gasteiger partial charge in [-0.1, -0.05) is 18.2 Å². The maximum Gasteiger partial charge on any atom is 0.242 e. The fraction of sp³-hybridized carbons (Fsp3) is 0.538. The number of hydrogen-bond donors (Lipinski definition) is 0. The highest BCUT2D eigenvalue weighted by Gasteiger charge is 2.27. The van der Waals surface area contributed by atoms with Crippen molar-refractivity contribution in [3.63, 3.8) is 0 Å². The second kappa shape index (κ2) is 5.38. The van der Waals surface area contributed by atoms with E-state index in [0.717, 1.165) is 19.4 Å². The summed E-state index contributed by atoms with van der Waals surface area (Å²) in [6, 6.07) is 8.96. The van der Waals surface area contributed by atoms with Gasteiger partial charge in [0, 0.05) is 19.6 Å². The lowest BCUT2D eigenvalue weighted by Gasteiger charge is -2.25. The van der Waals surface area contributed by atoms with Crippen LogP contribution in [0.1, 0.15) is 12.8 Å². The summed E-state index contributed by atoms with van der Waals surface area (Å²) < 4.78 is 26.1. The average Bonchev–Trinajstić information content (AvgIpc) is 2.76. The third-order valence-electron chi connectivity index (χ3n) is 3.59. The molecule has 1 aromatic carbocycles. The highest BCUT2D eigenvalue weighted by Crippen LogP contribution is 2.19. The summed E-state index contributed by atoms with van der Waals surface area (Å²) in [5.74, 6) is 0. The Bertz CT molecular complexity index is 487. The third-order valence-corrected chi connectivity index (χ3v) is 5.43. The van der Waals surface area contributed by atoms with Crippen molar-refractivity contribution in [3.8, 4) is 0 Å². The maximum absolute atomic E-state index is 12.3. The number of likely N-dealkylation sites (tertiary alicyclic amines) is 1. The molecule has 18 heavy (non-hydrogen) atoms. The molecule has 0 aliphatic carbocycles. The van der Waals surface area contributed by atoms with Gasteiger partial charge in [-0.25, -0.2) is 8.42 Å². The second-order valence-electron chi connectivity index (χ2n) is 4.88. The third kappa shape index (κ3) is 2.74. The Balaban J connectivity index is 2.11. The predicted molar refractivity (Wildman–Crippen MR) is 71.9 cm³/mol. The van der Waals surface area contributed by atoms with Crippen LogP contribution in [0.4, 0.5) is 0 Å². The van der Waals surface area contributed by atoms with Crippen LogP contribution in [-0.2, 0) is 10.0 Å². The Morgan fingerprint density at radius 1 is 1.33 bits per heavy atom. The van der Waals surface area contributed by atoms with Gasteiger partial charge in [-0.2, -0.15) is 4.31 Å². The molecule has 0 N–H and O–H groups in total. The lowest BCUT2D eigenvalue weighted by molar-refractivity contribution is 0.271. The van der Waals surface area contributed by atoms with Gasteiger partial charge in [0.1, 0.15) is 0 Å². The van der Waals surface area contributed by atoms with E-state index in [1.165, 1.54) is 4.31 Å². The summed E-state index contributed by atoms with van der Waals surface area (Å²) in [6.07, 6.45) is 2.23. The van der Waals surface area contributed by atoms with E-state index < -0.39 is 10.0 Å². The van der Waals surface area contributed by atoms with Crippen molar-refractivity contribution >= 4 is 10.0 Å². The van der Waals surface area contributed by atoms with Crippen molar-refractivity contribution in [2.75, 3.05) is 27.2 Å².